The third-order valence-electron chi connectivity index (χ3n) is 4.47. The lowest BCUT2D eigenvalue weighted by atomic mass is 9.89. The summed E-state index contributed by atoms with van der Waals surface area (Å²) in [5.41, 5.74) is 2.20. The van der Waals surface area contributed by atoms with Crippen molar-refractivity contribution < 1.29 is 9.47 Å². The zero-order valence-corrected chi connectivity index (χ0v) is 12.9. The van der Waals surface area contributed by atoms with Crippen molar-refractivity contribution in [3.05, 3.63) is 17.3 Å². The number of piperidine rings is 1. The molecule has 0 amide bonds. The van der Waals surface area contributed by atoms with Crippen LogP contribution >= 0.6 is 11.3 Å². The third-order valence-corrected chi connectivity index (χ3v) is 5.54. The number of rotatable bonds is 2. The van der Waals surface area contributed by atoms with Gasteiger partial charge in [0.25, 0.3) is 0 Å². The van der Waals surface area contributed by atoms with E-state index in [1.165, 1.54) is 5.56 Å². The van der Waals surface area contributed by atoms with E-state index in [2.05, 4.69) is 27.6 Å². The number of aromatic nitrogens is 2. The quantitative estimate of drug-likeness (QED) is 0.922. The van der Waals surface area contributed by atoms with Crippen LogP contribution in [0.5, 0.6) is 5.88 Å². The minimum Gasteiger partial charge on any atom is -0.471 e. The summed E-state index contributed by atoms with van der Waals surface area (Å²) < 4.78 is 13.3. The summed E-state index contributed by atoms with van der Waals surface area (Å²) in [4.78, 5) is 8.67. The highest BCUT2D eigenvalue weighted by atomic mass is 32.1. The highest BCUT2D eigenvalue weighted by molar-refractivity contribution is 7.17. The van der Waals surface area contributed by atoms with Gasteiger partial charge in [-0.2, -0.15) is 0 Å². The van der Waals surface area contributed by atoms with Crippen molar-refractivity contribution in [2.75, 3.05) is 19.7 Å². The summed E-state index contributed by atoms with van der Waals surface area (Å²) in [5.74, 6) is 0.706. The molecule has 1 atom stereocenters. The number of nitrogens with one attached hydrogen (secondary N) is 1. The first-order chi connectivity index (χ1) is 10.3. The molecule has 0 saturated carbocycles. The lowest BCUT2D eigenvalue weighted by Crippen LogP contribution is -2.41. The number of hydrogen-bond acceptors (Lipinski definition) is 6. The smallest absolute Gasteiger partial charge is 0.235 e. The molecule has 6 heteroatoms. The van der Waals surface area contributed by atoms with E-state index in [9.17, 15) is 0 Å². The average Bonchev–Trinajstić information content (AvgIpc) is 3.06. The van der Waals surface area contributed by atoms with Gasteiger partial charge in [0.2, 0.25) is 5.88 Å². The Kier molecular flexibility index (Phi) is 3.32. The minimum atomic E-state index is 0.0213. The average molecular weight is 305 g/mol. The van der Waals surface area contributed by atoms with Gasteiger partial charge in [-0.3, -0.25) is 0 Å². The van der Waals surface area contributed by atoms with Crippen molar-refractivity contribution in [2.24, 2.45) is 0 Å². The van der Waals surface area contributed by atoms with E-state index < -0.39 is 0 Å². The molecule has 4 heterocycles. The molecule has 21 heavy (non-hydrogen) atoms. The molecule has 0 bridgehead atoms. The Bertz CT molecular complexity index is 651. The van der Waals surface area contributed by atoms with E-state index in [0.717, 1.165) is 42.6 Å². The third kappa shape index (κ3) is 2.41. The van der Waals surface area contributed by atoms with Crippen LogP contribution < -0.4 is 10.1 Å². The van der Waals surface area contributed by atoms with Crippen LogP contribution in [0.1, 0.15) is 24.8 Å². The fourth-order valence-electron chi connectivity index (χ4n) is 3.30. The molecule has 1 spiro atoms. The van der Waals surface area contributed by atoms with Crippen LogP contribution in [0.25, 0.3) is 10.2 Å². The van der Waals surface area contributed by atoms with Crippen molar-refractivity contribution in [3.8, 4) is 5.88 Å². The predicted octanol–water partition coefficient (Wildman–Crippen LogP) is 2.29. The Morgan fingerprint density at radius 3 is 3.10 bits per heavy atom. The fraction of sp³-hybridized carbons (Fsp3) is 0.600. The zero-order chi connectivity index (χ0) is 14.3. The van der Waals surface area contributed by atoms with E-state index >= 15 is 0 Å². The summed E-state index contributed by atoms with van der Waals surface area (Å²) in [5, 5.41) is 5.49. The molecule has 2 aromatic heterocycles. The first-order valence-electron chi connectivity index (χ1n) is 7.46. The highest BCUT2D eigenvalue weighted by Crippen LogP contribution is 2.37. The maximum absolute atomic E-state index is 6.14. The van der Waals surface area contributed by atoms with Crippen LogP contribution in [-0.2, 0) is 4.74 Å². The Balaban J connectivity index is 1.53. The second-order valence-electron chi connectivity index (χ2n) is 5.96. The van der Waals surface area contributed by atoms with Crippen molar-refractivity contribution >= 4 is 21.6 Å². The molecule has 112 valence electrons. The molecule has 0 aromatic carbocycles. The van der Waals surface area contributed by atoms with Crippen molar-refractivity contribution in [3.63, 3.8) is 0 Å². The van der Waals surface area contributed by atoms with Crippen LogP contribution in [-0.4, -0.2) is 41.4 Å². The molecular weight excluding hydrogens is 286 g/mol. The van der Waals surface area contributed by atoms with Crippen LogP contribution in [0, 0.1) is 6.92 Å². The van der Waals surface area contributed by atoms with Gasteiger partial charge in [0.1, 0.15) is 17.1 Å². The fourth-order valence-corrected chi connectivity index (χ4v) is 4.23. The lowest BCUT2D eigenvalue weighted by molar-refractivity contribution is -0.0205. The number of thiophene rings is 1. The Hall–Kier alpha value is -1.24. The second kappa shape index (κ2) is 5.19. The number of hydrogen-bond donors (Lipinski definition) is 1. The molecule has 1 N–H and O–H groups in total. The van der Waals surface area contributed by atoms with Gasteiger partial charge in [0.05, 0.1) is 17.7 Å². The summed E-state index contributed by atoms with van der Waals surface area (Å²) in [6.07, 6.45) is 4.80. The number of fused-ring (bicyclic) bond motifs is 1. The van der Waals surface area contributed by atoms with Gasteiger partial charge in [-0.1, -0.05) is 0 Å². The SMILES string of the molecule is Cc1csc2c(OC3COC4(CCNCC4)C3)ncnc12. The molecular formula is C15H19N3O2S. The molecule has 2 aromatic rings. The van der Waals surface area contributed by atoms with Crippen LogP contribution in [0.3, 0.4) is 0 Å². The Labute approximate surface area is 127 Å². The standard InChI is InChI=1S/C15H19N3O2S/c1-10-8-21-13-12(10)17-9-18-14(13)20-11-6-15(19-7-11)2-4-16-5-3-15/h8-9,11,16H,2-7H2,1H3. The maximum Gasteiger partial charge on any atom is 0.235 e. The number of aryl methyl sites for hydroxylation is 1. The topological polar surface area (TPSA) is 56.3 Å². The minimum absolute atomic E-state index is 0.0213. The van der Waals surface area contributed by atoms with E-state index in [-0.39, 0.29) is 11.7 Å². The first kappa shape index (κ1) is 13.4. The highest BCUT2D eigenvalue weighted by Gasteiger charge is 2.42. The van der Waals surface area contributed by atoms with Gasteiger partial charge in [0.15, 0.2) is 0 Å². The molecule has 0 aliphatic carbocycles. The second-order valence-corrected chi connectivity index (χ2v) is 6.84. The normalized spacial score (nSPS) is 24.7. The van der Waals surface area contributed by atoms with Gasteiger partial charge >= 0.3 is 0 Å². The molecule has 2 aliphatic rings. The van der Waals surface area contributed by atoms with Gasteiger partial charge in [-0.25, -0.2) is 9.97 Å². The summed E-state index contributed by atoms with van der Waals surface area (Å²) in [7, 11) is 0. The Morgan fingerprint density at radius 2 is 2.24 bits per heavy atom. The van der Waals surface area contributed by atoms with E-state index in [0.29, 0.717) is 12.5 Å². The molecule has 0 radical (unpaired) electrons. The Morgan fingerprint density at radius 1 is 1.38 bits per heavy atom. The van der Waals surface area contributed by atoms with Crippen molar-refractivity contribution in [1.29, 1.82) is 0 Å². The summed E-state index contributed by atoms with van der Waals surface area (Å²) in [6, 6.07) is 0. The van der Waals surface area contributed by atoms with Crippen LogP contribution in [0.15, 0.2) is 11.7 Å². The van der Waals surface area contributed by atoms with Crippen molar-refractivity contribution in [1.82, 2.24) is 15.3 Å². The number of nitrogens with zero attached hydrogens (tertiary/aromatic N) is 2. The first-order valence-corrected chi connectivity index (χ1v) is 8.34. The predicted molar refractivity (Wildman–Crippen MR) is 82.0 cm³/mol. The van der Waals surface area contributed by atoms with E-state index in [4.69, 9.17) is 9.47 Å². The van der Waals surface area contributed by atoms with E-state index in [1.807, 2.05) is 0 Å². The van der Waals surface area contributed by atoms with Gasteiger partial charge in [-0.05, 0) is 43.8 Å². The number of ether oxygens (including phenoxy) is 2. The molecule has 4 rings (SSSR count). The zero-order valence-electron chi connectivity index (χ0n) is 12.1. The van der Waals surface area contributed by atoms with Gasteiger partial charge < -0.3 is 14.8 Å². The van der Waals surface area contributed by atoms with E-state index in [1.54, 1.807) is 17.7 Å². The monoisotopic (exact) mass is 305 g/mol. The summed E-state index contributed by atoms with van der Waals surface area (Å²) >= 11 is 1.65. The van der Waals surface area contributed by atoms with Crippen LogP contribution in [0.2, 0.25) is 0 Å². The molecule has 5 nitrogen and oxygen atoms in total. The largest absolute Gasteiger partial charge is 0.471 e. The van der Waals surface area contributed by atoms with Crippen molar-refractivity contribution in [2.45, 2.75) is 37.9 Å². The molecule has 2 fully saturated rings. The maximum atomic E-state index is 6.14. The molecule has 2 aliphatic heterocycles. The lowest BCUT2D eigenvalue weighted by Gasteiger charge is -2.32. The molecule has 2 saturated heterocycles. The van der Waals surface area contributed by atoms with Gasteiger partial charge in [0, 0.05) is 6.42 Å². The summed E-state index contributed by atoms with van der Waals surface area (Å²) in [6.45, 7) is 4.80. The van der Waals surface area contributed by atoms with Crippen LogP contribution in [0.4, 0.5) is 0 Å². The molecule has 1 unspecified atom stereocenters. The van der Waals surface area contributed by atoms with Gasteiger partial charge in [-0.15, -0.1) is 11.3 Å².